The van der Waals surface area contributed by atoms with Gasteiger partial charge in [-0.1, -0.05) is 15.9 Å². The van der Waals surface area contributed by atoms with Crippen molar-refractivity contribution in [2.24, 2.45) is 7.05 Å². The maximum atomic E-state index is 13.1. The summed E-state index contributed by atoms with van der Waals surface area (Å²) in [5.41, 5.74) is 0.335. The third-order valence-electron chi connectivity index (χ3n) is 5.07. The highest BCUT2D eigenvalue weighted by molar-refractivity contribution is 9.10. The topological polar surface area (TPSA) is 108 Å². The Balaban J connectivity index is 1.56. The van der Waals surface area contributed by atoms with Gasteiger partial charge in [-0.2, -0.15) is 0 Å². The summed E-state index contributed by atoms with van der Waals surface area (Å²) in [7, 11) is 1.56. The van der Waals surface area contributed by atoms with Gasteiger partial charge in [-0.15, -0.1) is 0 Å². The van der Waals surface area contributed by atoms with Crippen LogP contribution in [0.3, 0.4) is 0 Å². The van der Waals surface area contributed by atoms with Crippen molar-refractivity contribution in [2.75, 3.05) is 6.61 Å². The first-order chi connectivity index (χ1) is 15.9. The van der Waals surface area contributed by atoms with Crippen molar-refractivity contribution >= 4 is 32.7 Å². The molecular weight excluding hydrogens is 490 g/mol. The standard InChI is InChI=1S/C23H20BrN5O4/c1-28-20-14-26-19(21(30)27-13-15-6-8-25-9-7-15)12-18(20)22(31)29(23(28)32)10-11-33-17-4-2-16(24)3-5-17/h2-9,12,14H,10-11,13H2,1H3,(H,27,30). The Hall–Kier alpha value is -3.79. The minimum absolute atomic E-state index is 0.0589. The summed E-state index contributed by atoms with van der Waals surface area (Å²) in [5, 5.41) is 2.99. The minimum atomic E-state index is -0.502. The maximum Gasteiger partial charge on any atom is 0.331 e. The number of amides is 1. The number of aryl methyl sites for hydroxylation is 1. The molecule has 3 heterocycles. The van der Waals surface area contributed by atoms with Crippen LogP contribution in [0.5, 0.6) is 5.75 Å². The number of hydrogen-bond donors (Lipinski definition) is 1. The molecule has 1 amide bonds. The number of ether oxygens (including phenoxy) is 1. The number of nitrogens with one attached hydrogen (secondary N) is 1. The molecule has 0 radical (unpaired) electrons. The predicted octanol–water partition coefficient (Wildman–Crippen LogP) is 2.26. The fourth-order valence-corrected chi connectivity index (χ4v) is 3.55. The van der Waals surface area contributed by atoms with Crippen LogP contribution in [-0.2, 0) is 20.1 Å². The van der Waals surface area contributed by atoms with E-state index in [4.69, 9.17) is 4.74 Å². The zero-order valence-electron chi connectivity index (χ0n) is 17.7. The summed E-state index contributed by atoms with van der Waals surface area (Å²) in [5.74, 6) is 0.202. The van der Waals surface area contributed by atoms with Gasteiger partial charge in [-0.3, -0.25) is 23.7 Å². The SMILES string of the molecule is Cn1c(=O)n(CCOc2ccc(Br)cc2)c(=O)c2cc(C(=O)NCc3ccncc3)ncc21. The van der Waals surface area contributed by atoms with Gasteiger partial charge in [0.1, 0.15) is 18.1 Å². The van der Waals surface area contributed by atoms with Gasteiger partial charge in [-0.05, 0) is 48.0 Å². The molecule has 0 aliphatic rings. The first kappa shape index (κ1) is 22.4. The van der Waals surface area contributed by atoms with Crippen LogP contribution in [0.2, 0.25) is 0 Å². The van der Waals surface area contributed by atoms with Crippen molar-refractivity contribution in [1.82, 2.24) is 24.4 Å². The summed E-state index contributed by atoms with van der Waals surface area (Å²) >= 11 is 3.36. The molecule has 168 valence electrons. The van der Waals surface area contributed by atoms with Crippen LogP contribution in [0, 0.1) is 0 Å². The van der Waals surface area contributed by atoms with E-state index in [1.54, 1.807) is 43.7 Å². The van der Waals surface area contributed by atoms with Crippen molar-refractivity contribution in [1.29, 1.82) is 0 Å². The lowest BCUT2D eigenvalue weighted by Crippen LogP contribution is -2.40. The molecule has 33 heavy (non-hydrogen) atoms. The van der Waals surface area contributed by atoms with Crippen LogP contribution >= 0.6 is 15.9 Å². The van der Waals surface area contributed by atoms with E-state index in [1.165, 1.54) is 16.8 Å². The van der Waals surface area contributed by atoms with Crippen molar-refractivity contribution < 1.29 is 9.53 Å². The average molecular weight is 510 g/mol. The first-order valence-electron chi connectivity index (χ1n) is 10.1. The molecule has 0 bridgehead atoms. The monoisotopic (exact) mass is 509 g/mol. The Morgan fingerprint density at radius 1 is 1.12 bits per heavy atom. The van der Waals surface area contributed by atoms with Gasteiger partial charge in [0.05, 0.1) is 23.6 Å². The van der Waals surface area contributed by atoms with Crippen LogP contribution in [0.15, 0.2) is 75.1 Å². The highest BCUT2D eigenvalue weighted by atomic mass is 79.9. The van der Waals surface area contributed by atoms with Crippen LogP contribution in [0.4, 0.5) is 0 Å². The lowest BCUT2D eigenvalue weighted by molar-refractivity contribution is 0.0946. The number of halogens is 1. The molecule has 3 aromatic heterocycles. The number of carbonyl (C=O) groups excluding carboxylic acids is 1. The molecule has 4 aromatic rings. The van der Waals surface area contributed by atoms with E-state index in [2.05, 4.69) is 31.2 Å². The Bertz CT molecular complexity index is 1420. The molecule has 1 N–H and O–H groups in total. The van der Waals surface area contributed by atoms with Crippen LogP contribution in [0.25, 0.3) is 10.9 Å². The maximum absolute atomic E-state index is 13.1. The molecule has 0 fully saturated rings. The van der Waals surface area contributed by atoms with Gasteiger partial charge in [-0.25, -0.2) is 9.78 Å². The molecule has 0 aliphatic heterocycles. The molecule has 0 spiro atoms. The van der Waals surface area contributed by atoms with E-state index < -0.39 is 17.2 Å². The third-order valence-corrected chi connectivity index (χ3v) is 5.60. The fourth-order valence-electron chi connectivity index (χ4n) is 3.28. The minimum Gasteiger partial charge on any atom is -0.492 e. The molecule has 10 heteroatoms. The molecule has 0 atom stereocenters. The van der Waals surface area contributed by atoms with Gasteiger partial charge < -0.3 is 10.1 Å². The van der Waals surface area contributed by atoms with Gasteiger partial charge in [0, 0.05) is 30.5 Å². The van der Waals surface area contributed by atoms with Crippen LogP contribution < -0.4 is 21.3 Å². The second kappa shape index (κ2) is 9.78. The highest BCUT2D eigenvalue weighted by Gasteiger charge is 2.15. The van der Waals surface area contributed by atoms with Gasteiger partial charge in [0.2, 0.25) is 0 Å². The van der Waals surface area contributed by atoms with Crippen molar-refractivity contribution in [3.63, 3.8) is 0 Å². The smallest absolute Gasteiger partial charge is 0.331 e. The van der Waals surface area contributed by atoms with Crippen LogP contribution in [-0.4, -0.2) is 31.6 Å². The van der Waals surface area contributed by atoms with Crippen LogP contribution in [0.1, 0.15) is 16.1 Å². The largest absolute Gasteiger partial charge is 0.492 e. The lowest BCUT2D eigenvalue weighted by Gasteiger charge is -2.12. The van der Waals surface area contributed by atoms with Crippen molar-refractivity contribution in [3.8, 4) is 5.75 Å². The Kier molecular flexibility index (Phi) is 6.64. The summed E-state index contributed by atoms with van der Waals surface area (Å²) in [6, 6.07) is 12.2. The van der Waals surface area contributed by atoms with E-state index in [0.29, 0.717) is 17.8 Å². The number of rotatable bonds is 7. The molecule has 1 aromatic carbocycles. The molecule has 0 aliphatic carbocycles. The number of nitrogens with zero attached hydrogens (tertiary/aromatic N) is 4. The number of aromatic nitrogens is 4. The summed E-state index contributed by atoms with van der Waals surface area (Å²) in [6.07, 6.45) is 4.64. The zero-order chi connectivity index (χ0) is 23.4. The van der Waals surface area contributed by atoms with Gasteiger partial charge in [0.15, 0.2) is 0 Å². The normalized spacial score (nSPS) is 10.8. The molecule has 0 saturated heterocycles. The Morgan fingerprint density at radius 3 is 2.58 bits per heavy atom. The van der Waals surface area contributed by atoms with E-state index in [9.17, 15) is 14.4 Å². The van der Waals surface area contributed by atoms with Crippen molar-refractivity contribution in [3.05, 3.63) is 97.6 Å². The Labute approximate surface area is 196 Å². The Morgan fingerprint density at radius 2 is 1.85 bits per heavy atom. The summed E-state index contributed by atoms with van der Waals surface area (Å²) in [4.78, 5) is 46.4. The summed E-state index contributed by atoms with van der Waals surface area (Å²) < 4.78 is 9.01. The molecule has 0 unspecified atom stereocenters. The van der Waals surface area contributed by atoms with E-state index >= 15 is 0 Å². The third kappa shape index (κ3) is 5.01. The number of fused-ring (bicyclic) bond motifs is 1. The van der Waals surface area contributed by atoms with E-state index in [1.807, 2.05) is 12.1 Å². The average Bonchev–Trinajstić information content (AvgIpc) is 2.84. The highest BCUT2D eigenvalue weighted by Crippen LogP contribution is 2.16. The molecule has 0 saturated carbocycles. The summed E-state index contributed by atoms with van der Waals surface area (Å²) in [6.45, 7) is 0.488. The van der Waals surface area contributed by atoms with Gasteiger partial charge >= 0.3 is 5.69 Å². The fraction of sp³-hybridized carbons (Fsp3) is 0.174. The predicted molar refractivity (Wildman–Crippen MR) is 126 cm³/mol. The quantitative estimate of drug-likeness (QED) is 0.409. The number of carbonyl (C=O) groups is 1. The molecular formula is C23H20BrN5O4. The lowest BCUT2D eigenvalue weighted by atomic mass is 10.2. The second-order valence-corrected chi connectivity index (χ2v) is 8.14. The van der Waals surface area contributed by atoms with E-state index in [0.717, 1.165) is 14.6 Å². The second-order valence-electron chi connectivity index (χ2n) is 7.23. The van der Waals surface area contributed by atoms with Crippen molar-refractivity contribution in [2.45, 2.75) is 13.1 Å². The van der Waals surface area contributed by atoms with Gasteiger partial charge in [0.25, 0.3) is 11.5 Å². The molecule has 4 rings (SSSR count). The first-order valence-corrected chi connectivity index (χ1v) is 10.9. The number of benzene rings is 1. The number of pyridine rings is 2. The molecule has 9 nitrogen and oxygen atoms in total. The van der Waals surface area contributed by atoms with E-state index in [-0.39, 0.29) is 24.2 Å². The zero-order valence-corrected chi connectivity index (χ0v) is 19.3. The number of hydrogen-bond acceptors (Lipinski definition) is 6.